The van der Waals surface area contributed by atoms with E-state index in [2.05, 4.69) is 17.3 Å². The maximum Gasteiger partial charge on any atom is 0.0576 e. The van der Waals surface area contributed by atoms with Crippen molar-refractivity contribution in [1.82, 2.24) is 0 Å². The standard InChI is InChI=1S/C12H16N2O/c13-11-6-4-9(5-7-11)10-2-1-3-12(8-10)14-15/h4-7,10,15H,1-3,8,13H2/b14-12+. The first-order valence-corrected chi connectivity index (χ1v) is 5.35. The van der Waals surface area contributed by atoms with Gasteiger partial charge in [0.05, 0.1) is 5.71 Å². The second kappa shape index (κ2) is 4.34. The number of nitrogens with two attached hydrogens (primary N) is 1. The van der Waals surface area contributed by atoms with Crippen LogP contribution < -0.4 is 5.73 Å². The molecule has 80 valence electrons. The van der Waals surface area contributed by atoms with Gasteiger partial charge in [0.15, 0.2) is 0 Å². The van der Waals surface area contributed by atoms with E-state index in [-0.39, 0.29) is 0 Å². The van der Waals surface area contributed by atoms with E-state index in [4.69, 9.17) is 10.9 Å². The molecule has 15 heavy (non-hydrogen) atoms. The second-order valence-corrected chi connectivity index (χ2v) is 4.13. The van der Waals surface area contributed by atoms with Gasteiger partial charge in [-0.25, -0.2) is 0 Å². The third kappa shape index (κ3) is 2.29. The predicted octanol–water partition coefficient (Wildman–Crippen LogP) is 2.76. The molecule has 0 heterocycles. The first-order chi connectivity index (χ1) is 7.29. The van der Waals surface area contributed by atoms with E-state index >= 15 is 0 Å². The summed E-state index contributed by atoms with van der Waals surface area (Å²) in [6.45, 7) is 0. The molecule has 3 nitrogen and oxygen atoms in total. The summed E-state index contributed by atoms with van der Waals surface area (Å²) in [5, 5.41) is 12.1. The Morgan fingerprint density at radius 2 is 2.00 bits per heavy atom. The highest BCUT2D eigenvalue weighted by Gasteiger charge is 2.19. The first kappa shape index (κ1) is 10.0. The number of hydrogen-bond donors (Lipinski definition) is 2. The molecule has 1 unspecified atom stereocenters. The molecule has 1 aliphatic rings. The van der Waals surface area contributed by atoms with Gasteiger partial charge >= 0.3 is 0 Å². The molecule has 3 heteroatoms. The fourth-order valence-corrected chi connectivity index (χ4v) is 2.18. The lowest BCUT2D eigenvalue weighted by Crippen LogP contribution is -2.13. The second-order valence-electron chi connectivity index (χ2n) is 4.13. The Bertz CT molecular complexity index is 356. The summed E-state index contributed by atoms with van der Waals surface area (Å²) in [6.07, 6.45) is 4.08. The maximum absolute atomic E-state index is 8.77. The highest BCUT2D eigenvalue weighted by atomic mass is 16.4. The van der Waals surface area contributed by atoms with Crippen molar-refractivity contribution in [3.63, 3.8) is 0 Å². The third-order valence-corrected chi connectivity index (χ3v) is 3.05. The average Bonchev–Trinajstić information content (AvgIpc) is 2.30. The van der Waals surface area contributed by atoms with Gasteiger partial charge in [0.1, 0.15) is 0 Å². The highest BCUT2D eigenvalue weighted by molar-refractivity contribution is 5.85. The van der Waals surface area contributed by atoms with Crippen LogP contribution in [0.15, 0.2) is 29.4 Å². The average molecular weight is 204 g/mol. The molecule has 0 aliphatic heterocycles. The van der Waals surface area contributed by atoms with Crippen LogP contribution >= 0.6 is 0 Å². The number of anilines is 1. The molecule has 1 saturated carbocycles. The summed E-state index contributed by atoms with van der Waals surface area (Å²) in [6, 6.07) is 8.00. The van der Waals surface area contributed by atoms with Crippen molar-refractivity contribution >= 4 is 11.4 Å². The molecule has 1 fully saturated rings. The Morgan fingerprint density at radius 1 is 1.27 bits per heavy atom. The van der Waals surface area contributed by atoms with Crippen LogP contribution in [0, 0.1) is 0 Å². The summed E-state index contributed by atoms with van der Waals surface area (Å²) >= 11 is 0. The molecule has 0 aromatic heterocycles. The molecule has 1 aliphatic carbocycles. The molecule has 0 radical (unpaired) electrons. The van der Waals surface area contributed by atoms with Gasteiger partial charge in [0.25, 0.3) is 0 Å². The Hall–Kier alpha value is -1.51. The fourth-order valence-electron chi connectivity index (χ4n) is 2.18. The molecule has 0 spiro atoms. The number of benzene rings is 1. The summed E-state index contributed by atoms with van der Waals surface area (Å²) in [7, 11) is 0. The van der Waals surface area contributed by atoms with Gasteiger partial charge in [0.2, 0.25) is 0 Å². The van der Waals surface area contributed by atoms with Gasteiger partial charge < -0.3 is 10.9 Å². The molecule has 1 aromatic rings. The van der Waals surface area contributed by atoms with E-state index in [1.54, 1.807) is 0 Å². The smallest absolute Gasteiger partial charge is 0.0576 e. The minimum Gasteiger partial charge on any atom is -0.411 e. The maximum atomic E-state index is 8.77. The SMILES string of the molecule is Nc1ccc(C2CCC/C(=N\O)C2)cc1. The Balaban J connectivity index is 2.13. The number of rotatable bonds is 1. The lowest BCUT2D eigenvalue weighted by molar-refractivity contribution is 0.313. The highest BCUT2D eigenvalue weighted by Crippen LogP contribution is 2.31. The molecule has 2 rings (SSSR count). The topological polar surface area (TPSA) is 58.6 Å². The van der Waals surface area contributed by atoms with Crippen molar-refractivity contribution in [2.75, 3.05) is 5.73 Å². The van der Waals surface area contributed by atoms with E-state index in [0.29, 0.717) is 5.92 Å². The number of nitrogen functional groups attached to an aromatic ring is 1. The molecule has 0 bridgehead atoms. The minimum atomic E-state index is 0.491. The Morgan fingerprint density at radius 3 is 2.67 bits per heavy atom. The van der Waals surface area contributed by atoms with Crippen LogP contribution in [0.2, 0.25) is 0 Å². The van der Waals surface area contributed by atoms with Crippen LogP contribution in [0.1, 0.15) is 37.2 Å². The van der Waals surface area contributed by atoms with Crippen LogP contribution in [0.3, 0.4) is 0 Å². The number of hydrogen-bond acceptors (Lipinski definition) is 3. The minimum absolute atomic E-state index is 0.491. The number of oxime groups is 1. The molecule has 3 N–H and O–H groups in total. The summed E-state index contributed by atoms with van der Waals surface area (Å²) in [4.78, 5) is 0. The van der Waals surface area contributed by atoms with Crippen LogP contribution in [-0.2, 0) is 0 Å². The predicted molar refractivity (Wildman–Crippen MR) is 61.3 cm³/mol. The normalized spacial score (nSPS) is 24.3. The quantitative estimate of drug-likeness (QED) is 0.420. The van der Waals surface area contributed by atoms with Gasteiger partial charge in [-0.1, -0.05) is 17.3 Å². The van der Waals surface area contributed by atoms with Crippen molar-refractivity contribution < 1.29 is 5.21 Å². The third-order valence-electron chi connectivity index (χ3n) is 3.05. The molecular weight excluding hydrogens is 188 g/mol. The zero-order valence-electron chi connectivity index (χ0n) is 8.69. The fraction of sp³-hybridized carbons (Fsp3) is 0.417. The Labute approximate surface area is 89.6 Å². The van der Waals surface area contributed by atoms with Crippen LogP contribution in [0.4, 0.5) is 5.69 Å². The zero-order chi connectivity index (χ0) is 10.7. The summed E-state index contributed by atoms with van der Waals surface area (Å²) < 4.78 is 0. The van der Waals surface area contributed by atoms with Crippen molar-refractivity contribution in [3.8, 4) is 0 Å². The molecule has 1 atom stereocenters. The van der Waals surface area contributed by atoms with Crippen LogP contribution in [-0.4, -0.2) is 10.9 Å². The van der Waals surface area contributed by atoms with Crippen molar-refractivity contribution in [2.45, 2.75) is 31.6 Å². The van der Waals surface area contributed by atoms with Crippen molar-refractivity contribution in [3.05, 3.63) is 29.8 Å². The van der Waals surface area contributed by atoms with E-state index in [9.17, 15) is 0 Å². The van der Waals surface area contributed by atoms with Gasteiger partial charge in [0, 0.05) is 5.69 Å². The van der Waals surface area contributed by atoms with Gasteiger partial charge in [-0.2, -0.15) is 0 Å². The molecular formula is C12H16N2O. The lowest BCUT2D eigenvalue weighted by atomic mass is 9.83. The first-order valence-electron chi connectivity index (χ1n) is 5.35. The monoisotopic (exact) mass is 204 g/mol. The Kier molecular flexibility index (Phi) is 2.90. The van der Waals surface area contributed by atoms with Crippen molar-refractivity contribution in [1.29, 1.82) is 0 Å². The summed E-state index contributed by atoms with van der Waals surface area (Å²) in [5.74, 6) is 0.491. The van der Waals surface area contributed by atoms with Crippen LogP contribution in [0.25, 0.3) is 0 Å². The van der Waals surface area contributed by atoms with Gasteiger partial charge in [-0.15, -0.1) is 0 Å². The molecule has 0 amide bonds. The van der Waals surface area contributed by atoms with E-state index in [1.807, 2.05) is 12.1 Å². The van der Waals surface area contributed by atoms with Crippen LogP contribution in [0.5, 0.6) is 0 Å². The van der Waals surface area contributed by atoms with E-state index in [0.717, 1.165) is 30.7 Å². The van der Waals surface area contributed by atoms with E-state index in [1.165, 1.54) is 12.0 Å². The van der Waals surface area contributed by atoms with Gasteiger partial charge in [-0.05, 0) is 49.3 Å². The zero-order valence-corrected chi connectivity index (χ0v) is 8.69. The largest absolute Gasteiger partial charge is 0.411 e. The summed E-state index contributed by atoms with van der Waals surface area (Å²) in [5.41, 5.74) is 8.66. The molecule has 1 aromatic carbocycles. The lowest BCUT2D eigenvalue weighted by Gasteiger charge is -2.22. The van der Waals surface area contributed by atoms with Gasteiger partial charge in [-0.3, -0.25) is 0 Å². The van der Waals surface area contributed by atoms with Crippen molar-refractivity contribution in [2.24, 2.45) is 5.16 Å². The van der Waals surface area contributed by atoms with E-state index < -0.39 is 0 Å². The number of nitrogens with zero attached hydrogens (tertiary/aromatic N) is 1. The molecule has 0 saturated heterocycles.